The SMILES string of the molecule is COc1ccccc1OCc1ccc(C(=O)Nc2nnc(C3CC3)s2)o1. The number of carbonyl (C=O) groups is 1. The van der Waals surface area contributed by atoms with Crippen LogP contribution in [0.25, 0.3) is 0 Å². The summed E-state index contributed by atoms with van der Waals surface area (Å²) in [5, 5.41) is 12.3. The van der Waals surface area contributed by atoms with Gasteiger partial charge in [-0.15, -0.1) is 10.2 Å². The van der Waals surface area contributed by atoms with Crippen LogP contribution in [0.15, 0.2) is 40.8 Å². The van der Waals surface area contributed by atoms with Crippen molar-refractivity contribution in [3.63, 3.8) is 0 Å². The fourth-order valence-electron chi connectivity index (χ4n) is 2.40. The molecule has 8 heteroatoms. The molecule has 3 aromatic rings. The van der Waals surface area contributed by atoms with Crippen molar-refractivity contribution in [3.8, 4) is 11.5 Å². The molecule has 0 aliphatic heterocycles. The molecule has 1 aliphatic rings. The first-order chi connectivity index (χ1) is 12.7. The van der Waals surface area contributed by atoms with E-state index in [-0.39, 0.29) is 18.3 Å². The van der Waals surface area contributed by atoms with Crippen LogP contribution >= 0.6 is 11.3 Å². The van der Waals surface area contributed by atoms with Crippen molar-refractivity contribution in [1.82, 2.24) is 10.2 Å². The molecule has 2 heterocycles. The Bertz CT molecular complexity index is 917. The second-order valence-corrected chi connectivity index (χ2v) is 6.89. The Morgan fingerprint density at radius 1 is 1.23 bits per heavy atom. The number of anilines is 1. The van der Waals surface area contributed by atoms with Gasteiger partial charge in [-0.25, -0.2) is 0 Å². The highest BCUT2D eigenvalue weighted by Crippen LogP contribution is 2.42. The van der Waals surface area contributed by atoms with Crippen molar-refractivity contribution in [2.24, 2.45) is 0 Å². The highest BCUT2D eigenvalue weighted by atomic mass is 32.1. The lowest BCUT2D eigenvalue weighted by atomic mass is 10.3. The maximum atomic E-state index is 12.3. The largest absolute Gasteiger partial charge is 0.493 e. The molecule has 134 valence electrons. The number of para-hydroxylation sites is 2. The summed E-state index contributed by atoms with van der Waals surface area (Å²) in [6.07, 6.45) is 2.30. The zero-order valence-electron chi connectivity index (χ0n) is 14.1. The Balaban J connectivity index is 1.36. The molecule has 0 unspecified atom stereocenters. The number of rotatable bonds is 7. The van der Waals surface area contributed by atoms with E-state index in [1.807, 2.05) is 24.3 Å². The van der Waals surface area contributed by atoms with E-state index in [4.69, 9.17) is 13.9 Å². The predicted molar refractivity (Wildman–Crippen MR) is 95.9 cm³/mol. The van der Waals surface area contributed by atoms with Crippen LogP contribution in [0, 0.1) is 0 Å². The van der Waals surface area contributed by atoms with Crippen molar-refractivity contribution >= 4 is 22.4 Å². The van der Waals surface area contributed by atoms with Crippen LogP contribution in [0.1, 0.15) is 40.1 Å². The second-order valence-electron chi connectivity index (χ2n) is 5.88. The Kier molecular flexibility index (Phi) is 4.57. The Labute approximate surface area is 154 Å². The first-order valence-corrected chi connectivity index (χ1v) is 9.04. The number of benzene rings is 1. The Morgan fingerprint density at radius 2 is 2.04 bits per heavy atom. The van der Waals surface area contributed by atoms with Gasteiger partial charge in [0.1, 0.15) is 17.4 Å². The molecule has 0 saturated heterocycles. The van der Waals surface area contributed by atoms with Crippen LogP contribution in [-0.4, -0.2) is 23.2 Å². The summed E-state index contributed by atoms with van der Waals surface area (Å²) < 4.78 is 16.5. The number of hydrogen-bond donors (Lipinski definition) is 1. The van der Waals surface area contributed by atoms with E-state index >= 15 is 0 Å². The van der Waals surface area contributed by atoms with Gasteiger partial charge in [0, 0.05) is 5.92 Å². The molecule has 1 amide bonds. The molecule has 1 aliphatic carbocycles. The van der Waals surface area contributed by atoms with Crippen molar-refractivity contribution in [2.75, 3.05) is 12.4 Å². The van der Waals surface area contributed by atoms with E-state index in [0.717, 1.165) is 17.8 Å². The molecule has 0 spiro atoms. The van der Waals surface area contributed by atoms with Crippen molar-refractivity contribution in [3.05, 3.63) is 52.9 Å². The number of nitrogens with one attached hydrogen (secondary N) is 1. The summed E-state index contributed by atoms with van der Waals surface area (Å²) >= 11 is 1.41. The number of methoxy groups -OCH3 is 1. The van der Waals surface area contributed by atoms with Gasteiger partial charge in [0.25, 0.3) is 5.91 Å². The third kappa shape index (κ3) is 3.70. The van der Waals surface area contributed by atoms with Gasteiger partial charge in [0.2, 0.25) is 5.13 Å². The minimum atomic E-state index is -0.355. The third-order valence-corrected chi connectivity index (χ3v) is 4.91. The first-order valence-electron chi connectivity index (χ1n) is 8.22. The van der Waals surface area contributed by atoms with E-state index in [2.05, 4.69) is 15.5 Å². The van der Waals surface area contributed by atoms with E-state index in [0.29, 0.717) is 28.3 Å². The zero-order chi connectivity index (χ0) is 17.9. The lowest BCUT2D eigenvalue weighted by Crippen LogP contribution is -2.10. The number of ether oxygens (including phenoxy) is 2. The van der Waals surface area contributed by atoms with E-state index in [9.17, 15) is 4.79 Å². The quantitative estimate of drug-likeness (QED) is 0.679. The number of carbonyl (C=O) groups excluding carboxylic acids is 1. The molecule has 1 fully saturated rings. The Hall–Kier alpha value is -2.87. The van der Waals surface area contributed by atoms with E-state index < -0.39 is 0 Å². The van der Waals surface area contributed by atoms with Gasteiger partial charge in [0.15, 0.2) is 17.3 Å². The predicted octanol–water partition coefficient (Wildman–Crippen LogP) is 3.85. The molecule has 1 aromatic carbocycles. The van der Waals surface area contributed by atoms with Crippen LogP contribution in [0.4, 0.5) is 5.13 Å². The lowest BCUT2D eigenvalue weighted by molar-refractivity contribution is 0.0992. The summed E-state index contributed by atoms with van der Waals surface area (Å²) in [6, 6.07) is 10.7. The maximum Gasteiger partial charge on any atom is 0.293 e. The summed E-state index contributed by atoms with van der Waals surface area (Å²) in [4.78, 5) is 12.3. The van der Waals surface area contributed by atoms with E-state index in [1.54, 1.807) is 19.2 Å². The first kappa shape index (κ1) is 16.6. The molecule has 4 rings (SSSR count). The third-order valence-electron chi connectivity index (χ3n) is 3.91. The summed E-state index contributed by atoms with van der Waals surface area (Å²) in [5.41, 5.74) is 0. The van der Waals surface area contributed by atoms with Gasteiger partial charge in [-0.05, 0) is 37.1 Å². The lowest BCUT2D eigenvalue weighted by Gasteiger charge is -2.08. The molecule has 26 heavy (non-hydrogen) atoms. The molecule has 0 radical (unpaired) electrons. The fourth-order valence-corrected chi connectivity index (χ4v) is 3.31. The van der Waals surface area contributed by atoms with Gasteiger partial charge < -0.3 is 13.9 Å². The maximum absolute atomic E-state index is 12.3. The minimum Gasteiger partial charge on any atom is -0.493 e. The molecule has 2 aromatic heterocycles. The monoisotopic (exact) mass is 371 g/mol. The fraction of sp³-hybridized carbons (Fsp3) is 0.278. The van der Waals surface area contributed by atoms with Crippen molar-refractivity contribution in [1.29, 1.82) is 0 Å². The minimum absolute atomic E-state index is 0.193. The standard InChI is InChI=1S/C18H17N3O4S/c1-23-13-4-2-3-5-14(13)24-10-12-8-9-15(25-12)16(22)19-18-21-20-17(26-18)11-6-7-11/h2-5,8-9,11H,6-7,10H2,1H3,(H,19,21,22). The highest BCUT2D eigenvalue weighted by Gasteiger charge is 2.28. The average molecular weight is 371 g/mol. The van der Waals surface area contributed by atoms with Gasteiger partial charge in [-0.3, -0.25) is 10.1 Å². The van der Waals surface area contributed by atoms with Crippen LogP contribution in [0.3, 0.4) is 0 Å². The van der Waals surface area contributed by atoms with Gasteiger partial charge in [0.05, 0.1) is 7.11 Å². The number of aromatic nitrogens is 2. The van der Waals surface area contributed by atoms with Crippen molar-refractivity contribution < 1.29 is 18.7 Å². The van der Waals surface area contributed by atoms with Crippen LogP contribution in [-0.2, 0) is 6.61 Å². The highest BCUT2D eigenvalue weighted by molar-refractivity contribution is 7.15. The molecule has 1 N–H and O–H groups in total. The van der Waals surface area contributed by atoms with Crippen LogP contribution in [0.5, 0.6) is 11.5 Å². The van der Waals surface area contributed by atoms with Gasteiger partial charge in [-0.1, -0.05) is 23.5 Å². The van der Waals surface area contributed by atoms with E-state index in [1.165, 1.54) is 11.3 Å². The van der Waals surface area contributed by atoms with Crippen LogP contribution < -0.4 is 14.8 Å². The molecular formula is C18H17N3O4S. The van der Waals surface area contributed by atoms with Gasteiger partial charge >= 0.3 is 0 Å². The number of amides is 1. The van der Waals surface area contributed by atoms with Gasteiger partial charge in [-0.2, -0.15) is 0 Å². The van der Waals surface area contributed by atoms with Crippen LogP contribution in [0.2, 0.25) is 0 Å². The average Bonchev–Trinajstić information content (AvgIpc) is 3.22. The molecule has 1 saturated carbocycles. The second kappa shape index (κ2) is 7.17. The molecule has 0 atom stereocenters. The molecule has 0 bridgehead atoms. The summed E-state index contributed by atoms with van der Waals surface area (Å²) in [5.74, 6) is 2.15. The molecular weight excluding hydrogens is 354 g/mol. The Morgan fingerprint density at radius 3 is 2.81 bits per heavy atom. The number of furan rings is 1. The smallest absolute Gasteiger partial charge is 0.293 e. The molecule has 7 nitrogen and oxygen atoms in total. The summed E-state index contributed by atoms with van der Waals surface area (Å²) in [6.45, 7) is 0.193. The number of hydrogen-bond acceptors (Lipinski definition) is 7. The zero-order valence-corrected chi connectivity index (χ0v) is 14.9. The summed E-state index contributed by atoms with van der Waals surface area (Å²) in [7, 11) is 1.58. The number of nitrogens with zero attached hydrogens (tertiary/aromatic N) is 2. The normalized spacial score (nSPS) is 13.4. The van der Waals surface area contributed by atoms with Crippen molar-refractivity contribution in [2.45, 2.75) is 25.4 Å². The topological polar surface area (TPSA) is 86.5 Å².